The Bertz CT molecular complexity index is 1040. The molecule has 4 atom stereocenters. The van der Waals surface area contributed by atoms with E-state index in [1.807, 2.05) is 6.92 Å². The molecule has 3 heterocycles. The van der Waals surface area contributed by atoms with Gasteiger partial charge in [-0.1, -0.05) is 25.1 Å². The first-order chi connectivity index (χ1) is 16.1. The van der Waals surface area contributed by atoms with Crippen molar-refractivity contribution in [2.45, 2.75) is 62.2 Å². The number of aromatic nitrogens is 4. The van der Waals surface area contributed by atoms with Crippen LogP contribution in [0.3, 0.4) is 0 Å². The maximum absolute atomic E-state index is 11.0. The Hall–Kier alpha value is -1.42. The molecule has 34 heavy (non-hydrogen) atoms. The Labute approximate surface area is 206 Å². The number of imidazole rings is 1. The number of rotatable bonds is 12. The van der Waals surface area contributed by atoms with E-state index in [4.69, 9.17) is 26.7 Å². The van der Waals surface area contributed by atoms with Crippen molar-refractivity contribution in [1.29, 1.82) is 0 Å². The number of aliphatic hydroxyl groups is 2. The maximum atomic E-state index is 11.0. The Balaban J connectivity index is 1.61. The van der Waals surface area contributed by atoms with Gasteiger partial charge in [-0.05, 0) is 19.8 Å². The number of nitrogens with zero attached hydrogens (tertiary/aromatic N) is 4. The van der Waals surface area contributed by atoms with Crippen LogP contribution in [0.2, 0.25) is 0 Å². The number of hydrogen-bond acceptors (Lipinski definition) is 11. The van der Waals surface area contributed by atoms with E-state index in [9.17, 15) is 14.8 Å². The number of anilines is 1. The number of aliphatic hydroxyl groups excluding tert-OH is 2. The van der Waals surface area contributed by atoms with Gasteiger partial charge >= 0.3 is 7.82 Å². The van der Waals surface area contributed by atoms with E-state index < -0.39 is 39.0 Å². The molecular formula is C18H29N6O7PS2. The zero-order valence-corrected chi connectivity index (χ0v) is 21.0. The van der Waals surface area contributed by atoms with Crippen LogP contribution >= 0.6 is 32.7 Å². The van der Waals surface area contributed by atoms with E-state index in [1.165, 1.54) is 10.9 Å². The second-order valence-corrected chi connectivity index (χ2v) is 10.1. The molecule has 0 aliphatic carbocycles. The van der Waals surface area contributed by atoms with Gasteiger partial charge in [0.25, 0.3) is 0 Å². The molecule has 0 saturated carbocycles. The van der Waals surface area contributed by atoms with E-state index in [-0.39, 0.29) is 0 Å². The zero-order chi connectivity index (χ0) is 24.9. The lowest BCUT2D eigenvalue weighted by Crippen LogP contribution is -2.33. The summed E-state index contributed by atoms with van der Waals surface area (Å²) < 4.78 is 22.4. The monoisotopic (exact) mass is 536 g/mol. The summed E-state index contributed by atoms with van der Waals surface area (Å²) in [5, 5.41) is 27.3. The Morgan fingerprint density at radius 3 is 2.62 bits per heavy atom. The summed E-state index contributed by atoms with van der Waals surface area (Å²) in [6, 6.07) is 0. The molecule has 16 heteroatoms. The third-order valence-electron chi connectivity index (χ3n) is 5.18. The fraction of sp³-hybridized carbons (Fsp3) is 0.667. The van der Waals surface area contributed by atoms with Crippen molar-refractivity contribution in [1.82, 2.24) is 24.8 Å². The standard InChI is InChI=1S/C18H29N6O7PS2/c1-10(33)19-6-4-2-3-5-7-20-18-22-15-12(16(34)23-18)21-9-24(15)17-14(26)13(25)11(31-17)8-30-32(27,28)29/h9,11,13-14,17,25-26H,2-8H2,1H3,(H,19,33)(H2,27,28,29)(H2,20,22,23,34)/t11-,13?,14?,17-/m1/s1. The lowest BCUT2D eigenvalue weighted by atomic mass is 10.1. The van der Waals surface area contributed by atoms with Crippen LogP contribution in [0.1, 0.15) is 38.8 Å². The molecular weight excluding hydrogens is 507 g/mol. The fourth-order valence-corrected chi connectivity index (χ4v) is 4.20. The van der Waals surface area contributed by atoms with Crippen molar-refractivity contribution in [2.75, 3.05) is 25.0 Å². The SMILES string of the molecule is CC(=S)NCCCCCCNc1nc(S)c2ncn([C@@H]3O[C@H](COP(=O)(O)O)C(O)C3O)c2n1. The highest BCUT2D eigenvalue weighted by Crippen LogP contribution is 2.39. The van der Waals surface area contributed by atoms with Crippen molar-refractivity contribution in [3.05, 3.63) is 6.33 Å². The molecule has 13 nitrogen and oxygen atoms in total. The predicted octanol–water partition coefficient (Wildman–Crippen LogP) is 0.753. The van der Waals surface area contributed by atoms with Gasteiger partial charge < -0.3 is 35.4 Å². The Kier molecular flexibility index (Phi) is 9.60. The van der Waals surface area contributed by atoms with Crippen LogP contribution in [0.4, 0.5) is 5.95 Å². The number of thiol groups is 1. The zero-order valence-electron chi connectivity index (χ0n) is 18.4. The Morgan fingerprint density at radius 1 is 1.24 bits per heavy atom. The van der Waals surface area contributed by atoms with Crippen LogP contribution in [0.5, 0.6) is 0 Å². The molecule has 0 bridgehead atoms. The summed E-state index contributed by atoms with van der Waals surface area (Å²) in [6.07, 6.45) is 0.287. The lowest BCUT2D eigenvalue weighted by Gasteiger charge is -2.17. The van der Waals surface area contributed by atoms with Crippen LogP contribution in [-0.2, 0) is 13.8 Å². The van der Waals surface area contributed by atoms with Crippen LogP contribution in [0.25, 0.3) is 11.2 Å². The smallest absolute Gasteiger partial charge is 0.387 e. The largest absolute Gasteiger partial charge is 0.469 e. The van der Waals surface area contributed by atoms with E-state index in [2.05, 4.69) is 42.7 Å². The minimum atomic E-state index is -4.76. The minimum Gasteiger partial charge on any atom is -0.387 e. The summed E-state index contributed by atoms with van der Waals surface area (Å²) in [4.78, 5) is 31.5. The van der Waals surface area contributed by atoms with E-state index in [1.54, 1.807) is 0 Å². The molecule has 1 aliphatic rings. The van der Waals surface area contributed by atoms with Crippen LogP contribution in [-0.4, -0.2) is 82.5 Å². The number of hydrogen-bond donors (Lipinski definition) is 7. The molecule has 190 valence electrons. The molecule has 0 amide bonds. The van der Waals surface area contributed by atoms with E-state index in [0.29, 0.717) is 28.7 Å². The number of fused-ring (bicyclic) bond motifs is 1. The summed E-state index contributed by atoms with van der Waals surface area (Å²) >= 11 is 9.35. The molecule has 1 fully saturated rings. The molecule has 2 aromatic rings. The second-order valence-electron chi connectivity index (χ2n) is 7.85. The van der Waals surface area contributed by atoms with Gasteiger partial charge in [-0.25, -0.2) is 14.5 Å². The molecule has 0 aromatic carbocycles. The number of phosphoric acid groups is 1. The fourth-order valence-electron chi connectivity index (χ4n) is 3.50. The third kappa shape index (κ3) is 7.29. The van der Waals surface area contributed by atoms with E-state index in [0.717, 1.165) is 37.2 Å². The molecule has 1 saturated heterocycles. The lowest BCUT2D eigenvalue weighted by molar-refractivity contribution is -0.0503. The summed E-state index contributed by atoms with van der Waals surface area (Å²) in [7, 11) is -4.76. The van der Waals surface area contributed by atoms with Crippen molar-refractivity contribution in [3.63, 3.8) is 0 Å². The summed E-state index contributed by atoms with van der Waals surface area (Å²) in [5.41, 5.74) is 0.687. The molecule has 2 unspecified atom stereocenters. The van der Waals surface area contributed by atoms with Crippen LogP contribution in [0, 0.1) is 0 Å². The number of ether oxygens (including phenoxy) is 1. The highest BCUT2D eigenvalue weighted by atomic mass is 32.1. The average Bonchev–Trinajstić information content (AvgIpc) is 3.29. The van der Waals surface area contributed by atoms with Gasteiger partial charge in [0, 0.05) is 13.1 Å². The van der Waals surface area contributed by atoms with Gasteiger partial charge in [0.15, 0.2) is 11.9 Å². The average molecular weight is 537 g/mol. The van der Waals surface area contributed by atoms with E-state index >= 15 is 0 Å². The van der Waals surface area contributed by atoms with Crippen LogP contribution < -0.4 is 10.6 Å². The molecule has 3 rings (SSSR count). The quantitative estimate of drug-likeness (QED) is 0.0664. The van der Waals surface area contributed by atoms with Crippen molar-refractivity contribution < 1.29 is 33.8 Å². The first kappa shape index (κ1) is 27.2. The van der Waals surface area contributed by atoms with Crippen LogP contribution in [0.15, 0.2) is 11.4 Å². The van der Waals surface area contributed by atoms with Crippen molar-refractivity contribution in [3.8, 4) is 0 Å². The predicted molar refractivity (Wildman–Crippen MR) is 130 cm³/mol. The third-order valence-corrected chi connectivity index (χ3v) is 6.12. The number of unbranched alkanes of at least 4 members (excludes halogenated alkanes) is 3. The van der Waals surface area contributed by atoms with Crippen molar-refractivity contribution >= 4 is 54.8 Å². The van der Waals surface area contributed by atoms with Gasteiger partial charge in [0.2, 0.25) is 5.95 Å². The first-order valence-corrected chi connectivity index (χ1v) is 13.1. The highest BCUT2D eigenvalue weighted by molar-refractivity contribution is 7.80. The van der Waals surface area contributed by atoms with Crippen molar-refractivity contribution in [2.24, 2.45) is 0 Å². The van der Waals surface area contributed by atoms with Gasteiger partial charge in [-0.3, -0.25) is 9.09 Å². The molecule has 0 spiro atoms. The van der Waals surface area contributed by atoms with Gasteiger partial charge in [-0.2, -0.15) is 4.98 Å². The van der Waals surface area contributed by atoms with Gasteiger partial charge in [0.1, 0.15) is 28.9 Å². The maximum Gasteiger partial charge on any atom is 0.469 e. The Morgan fingerprint density at radius 2 is 1.94 bits per heavy atom. The molecule has 6 N–H and O–H groups in total. The normalized spacial score (nSPS) is 22.9. The van der Waals surface area contributed by atoms with Gasteiger partial charge in [-0.15, -0.1) is 12.6 Å². The molecule has 2 aromatic heterocycles. The summed E-state index contributed by atoms with van der Waals surface area (Å²) in [5.74, 6) is 0.326. The molecule has 1 aliphatic heterocycles. The topological polar surface area (TPSA) is 184 Å². The number of phosphoric ester groups is 1. The highest BCUT2D eigenvalue weighted by Gasteiger charge is 2.45. The first-order valence-electron chi connectivity index (χ1n) is 10.7. The molecule has 0 radical (unpaired) electrons. The minimum absolute atomic E-state index is 0.317. The number of thiocarbonyl (C=S) groups is 1. The van der Waals surface area contributed by atoms with Gasteiger partial charge in [0.05, 0.1) is 17.9 Å². The summed E-state index contributed by atoms with van der Waals surface area (Å²) in [6.45, 7) is 2.77. The second kappa shape index (κ2) is 12.0. The number of nitrogens with one attached hydrogen (secondary N) is 2.